The first-order valence-corrected chi connectivity index (χ1v) is 11.5. The van der Waals surface area contributed by atoms with Crippen molar-refractivity contribution in [2.75, 3.05) is 7.11 Å². The molecule has 31 heavy (non-hydrogen) atoms. The molecule has 1 saturated heterocycles. The number of carboxylic acids is 1. The SMILES string of the molecule is COC(=O)[C@@H]1CC2=CC(=O)CC[C@]2(C)C23OC2C[C@@]2(C)[C@@H](CC[C@@]2(O)CCC(=O)O)[C@H]13. The summed E-state index contributed by atoms with van der Waals surface area (Å²) in [6.07, 6.45) is 5.35. The molecular formula is C24H32O7. The number of epoxide rings is 1. The Morgan fingerprint density at radius 2 is 2.03 bits per heavy atom. The molecule has 170 valence electrons. The maximum absolute atomic E-state index is 13.0. The Hall–Kier alpha value is -1.73. The van der Waals surface area contributed by atoms with E-state index in [4.69, 9.17) is 9.47 Å². The van der Waals surface area contributed by atoms with Gasteiger partial charge in [0.1, 0.15) is 5.60 Å². The van der Waals surface area contributed by atoms with E-state index in [1.54, 1.807) is 6.08 Å². The molecule has 2 unspecified atom stereocenters. The number of rotatable bonds is 4. The highest BCUT2D eigenvalue weighted by Crippen LogP contribution is 2.77. The topological polar surface area (TPSA) is 113 Å². The van der Waals surface area contributed by atoms with Crippen molar-refractivity contribution < 1.29 is 34.1 Å². The minimum Gasteiger partial charge on any atom is -0.481 e. The van der Waals surface area contributed by atoms with Gasteiger partial charge in [-0.2, -0.15) is 0 Å². The zero-order chi connectivity index (χ0) is 22.4. The van der Waals surface area contributed by atoms with Crippen molar-refractivity contribution in [1.82, 2.24) is 0 Å². The predicted molar refractivity (Wildman–Crippen MR) is 109 cm³/mol. The number of fused-ring (bicyclic) bond motifs is 3. The van der Waals surface area contributed by atoms with Crippen molar-refractivity contribution in [3.8, 4) is 0 Å². The largest absolute Gasteiger partial charge is 0.481 e. The first-order valence-electron chi connectivity index (χ1n) is 11.5. The number of aliphatic carboxylic acids is 1. The quantitative estimate of drug-likeness (QED) is 0.519. The number of carbonyl (C=O) groups excluding carboxylic acids is 2. The second-order valence-electron chi connectivity index (χ2n) is 10.9. The zero-order valence-corrected chi connectivity index (χ0v) is 18.5. The van der Waals surface area contributed by atoms with Crippen LogP contribution in [0.3, 0.4) is 0 Å². The van der Waals surface area contributed by atoms with Crippen LogP contribution in [0, 0.1) is 28.6 Å². The van der Waals surface area contributed by atoms with E-state index >= 15 is 0 Å². The lowest BCUT2D eigenvalue weighted by Gasteiger charge is -2.58. The lowest BCUT2D eigenvalue weighted by atomic mass is 9.43. The lowest BCUT2D eigenvalue weighted by Crippen LogP contribution is -2.63. The van der Waals surface area contributed by atoms with E-state index in [0.717, 1.165) is 12.0 Å². The predicted octanol–water partition coefficient (Wildman–Crippen LogP) is 2.64. The van der Waals surface area contributed by atoms with Crippen molar-refractivity contribution in [3.05, 3.63) is 11.6 Å². The average Bonchev–Trinajstić information content (AvgIpc) is 3.38. The molecule has 1 aliphatic heterocycles. The van der Waals surface area contributed by atoms with Gasteiger partial charge in [0, 0.05) is 29.6 Å². The second kappa shape index (κ2) is 6.41. The number of ketones is 1. The van der Waals surface area contributed by atoms with E-state index in [9.17, 15) is 24.6 Å². The Morgan fingerprint density at radius 1 is 1.29 bits per heavy atom. The summed E-state index contributed by atoms with van der Waals surface area (Å²) in [6, 6.07) is 0. The third-order valence-corrected chi connectivity index (χ3v) is 9.95. The number of esters is 1. The summed E-state index contributed by atoms with van der Waals surface area (Å²) in [5, 5.41) is 20.9. The van der Waals surface area contributed by atoms with Gasteiger partial charge in [-0.3, -0.25) is 14.4 Å². The lowest BCUT2D eigenvalue weighted by molar-refractivity contribution is -0.163. The van der Waals surface area contributed by atoms with Gasteiger partial charge in [-0.05, 0) is 50.5 Å². The Balaban J connectivity index is 1.59. The number of carboxylic acid groups (broad SMARTS) is 1. The summed E-state index contributed by atoms with van der Waals surface area (Å²) in [4.78, 5) is 36.4. The first-order chi connectivity index (χ1) is 14.5. The number of ether oxygens (including phenoxy) is 2. The highest BCUT2D eigenvalue weighted by molar-refractivity contribution is 5.92. The highest BCUT2D eigenvalue weighted by atomic mass is 16.6. The van der Waals surface area contributed by atoms with Crippen molar-refractivity contribution in [3.63, 3.8) is 0 Å². The molecule has 3 saturated carbocycles. The van der Waals surface area contributed by atoms with E-state index in [1.807, 2.05) is 0 Å². The van der Waals surface area contributed by atoms with Crippen molar-refractivity contribution in [2.24, 2.45) is 28.6 Å². The van der Waals surface area contributed by atoms with Gasteiger partial charge in [0.15, 0.2) is 5.78 Å². The fraction of sp³-hybridized carbons (Fsp3) is 0.792. The van der Waals surface area contributed by atoms with Gasteiger partial charge in [-0.25, -0.2) is 0 Å². The van der Waals surface area contributed by atoms with Crippen LogP contribution in [0.2, 0.25) is 0 Å². The number of hydrogen-bond acceptors (Lipinski definition) is 6. The summed E-state index contributed by atoms with van der Waals surface area (Å²) < 4.78 is 11.7. The van der Waals surface area contributed by atoms with Gasteiger partial charge in [-0.15, -0.1) is 0 Å². The van der Waals surface area contributed by atoms with Crippen LogP contribution in [0.15, 0.2) is 11.6 Å². The molecule has 0 aromatic carbocycles. The summed E-state index contributed by atoms with van der Waals surface area (Å²) in [7, 11) is 1.40. The fourth-order valence-corrected chi connectivity index (χ4v) is 8.22. The van der Waals surface area contributed by atoms with Gasteiger partial charge in [-0.1, -0.05) is 19.4 Å². The number of methoxy groups -OCH3 is 1. The van der Waals surface area contributed by atoms with Gasteiger partial charge in [0.05, 0.1) is 24.7 Å². The van der Waals surface area contributed by atoms with Gasteiger partial charge in [0.25, 0.3) is 0 Å². The molecule has 0 bridgehead atoms. The Labute approximate surface area is 182 Å². The maximum Gasteiger partial charge on any atom is 0.309 e. The maximum atomic E-state index is 13.0. The van der Waals surface area contributed by atoms with Crippen LogP contribution in [-0.2, 0) is 23.9 Å². The van der Waals surface area contributed by atoms with E-state index in [1.165, 1.54) is 7.11 Å². The van der Waals surface area contributed by atoms with Gasteiger partial charge < -0.3 is 19.7 Å². The van der Waals surface area contributed by atoms with Gasteiger partial charge in [0.2, 0.25) is 0 Å². The molecule has 0 amide bonds. The summed E-state index contributed by atoms with van der Waals surface area (Å²) in [6.45, 7) is 4.24. The standard InChI is InChI=1S/C24H32O7/c1-21-7-4-14(25)10-13(21)11-15(20(28)30-3)19-16-5-8-23(29,9-6-18(26)27)22(16,2)12-17-24(19,21)31-17/h10,15-17,19,29H,4-9,11-12H2,1-3H3,(H,26,27)/t15-,16+,17?,19+,21+,22+,23-,24?/m1/s1. The smallest absolute Gasteiger partial charge is 0.309 e. The first kappa shape index (κ1) is 21.1. The zero-order valence-electron chi connectivity index (χ0n) is 18.5. The van der Waals surface area contributed by atoms with Crippen LogP contribution in [0.1, 0.15) is 65.2 Å². The molecule has 4 aliphatic carbocycles. The molecule has 1 spiro atoms. The number of hydrogen-bond donors (Lipinski definition) is 2. The molecule has 0 aromatic rings. The Morgan fingerprint density at radius 3 is 2.71 bits per heavy atom. The van der Waals surface area contributed by atoms with Crippen molar-refractivity contribution in [1.29, 1.82) is 0 Å². The molecule has 7 heteroatoms. The second-order valence-corrected chi connectivity index (χ2v) is 10.9. The van der Waals surface area contributed by atoms with E-state index in [0.29, 0.717) is 32.1 Å². The molecule has 8 atom stereocenters. The number of carbonyl (C=O) groups is 3. The van der Waals surface area contributed by atoms with Gasteiger partial charge >= 0.3 is 11.9 Å². The van der Waals surface area contributed by atoms with Crippen molar-refractivity contribution in [2.45, 2.75) is 82.5 Å². The molecule has 5 rings (SSSR count). The summed E-state index contributed by atoms with van der Waals surface area (Å²) >= 11 is 0. The van der Waals surface area contributed by atoms with Crippen LogP contribution in [0.25, 0.3) is 0 Å². The van der Waals surface area contributed by atoms with E-state index in [-0.39, 0.29) is 47.9 Å². The van der Waals surface area contributed by atoms with Crippen LogP contribution >= 0.6 is 0 Å². The summed E-state index contributed by atoms with van der Waals surface area (Å²) in [5.41, 5.74) is -1.43. The third kappa shape index (κ3) is 2.50. The normalized spacial score (nSPS) is 49.8. The van der Waals surface area contributed by atoms with Crippen LogP contribution < -0.4 is 0 Å². The van der Waals surface area contributed by atoms with E-state index < -0.39 is 28.5 Å². The Bertz CT molecular complexity index is 894. The fourth-order valence-electron chi connectivity index (χ4n) is 8.22. The minimum atomic E-state index is -1.09. The van der Waals surface area contributed by atoms with Crippen LogP contribution in [0.4, 0.5) is 0 Å². The molecule has 5 aliphatic rings. The molecule has 2 N–H and O–H groups in total. The molecule has 0 radical (unpaired) electrons. The summed E-state index contributed by atoms with van der Waals surface area (Å²) in [5.74, 6) is -1.60. The van der Waals surface area contributed by atoms with Crippen LogP contribution in [0.5, 0.6) is 0 Å². The Kier molecular flexibility index (Phi) is 4.37. The van der Waals surface area contributed by atoms with Crippen LogP contribution in [-0.4, -0.2) is 52.4 Å². The minimum absolute atomic E-state index is 0.0325. The van der Waals surface area contributed by atoms with Crippen molar-refractivity contribution >= 4 is 17.7 Å². The third-order valence-electron chi connectivity index (χ3n) is 9.95. The molecule has 4 fully saturated rings. The molecular weight excluding hydrogens is 400 g/mol. The average molecular weight is 433 g/mol. The molecule has 7 nitrogen and oxygen atoms in total. The molecule has 1 heterocycles. The highest BCUT2D eigenvalue weighted by Gasteiger charge is 2.82. The number of aliphatic hydroxyl groups is 1. The monoisotopic (exact) mass is 432 g/mol. The molecule has 0 aromatic heterocycles. The van der Waals surface area contributed by atoms with E-state index in [2.05, 4.69) is 13.8 Å².